The van der Waals surface area contributed by atoms with Crippen molar-refractivity contribution in [3.63, 3.8) is 0 Å². The topological polar surface area (TPSA) is 47.4 Å². The number of carbonyl (C=O) groups is 1. The summed E-state index contributed by atoms with van der Waals surface area (Å²) >= 11 is 0. The number of hydrogen-bond donors (Lipinski definition) is 0. The van der Waals surface area contributed by atoms with Gasteiger partial charge in [0.2, 0.25) is 0 Å². The van der Waals surface area contributed by atoms with Crippen LogP contribution in [0.2, 0.25) is 0 Å². The molecule has 0 N–H and O–H groups in total. The van der Waals surface area contributed by atoms with Crippen LogP contribution in [-0.2, 0) is 13.1 Å². The Morgan fingerprint density at radius 2 is 2.22 bits per heavy atom. The van der Waals surface area contributed by atoms with Gasteiger partial charge in [-0.15, -0.1) is 6.58 Å². The number of allylic oxidation sites excluding steroid dienone is 1. The Balaban J connectivity index is 1.69. The van der Waals surface area contributed by atoms with E-state index in [4.69, 9.17) is 4.74 Å². The van der Waals surface area contributed by atoms with Gasteiger partial charge in [-0.1, -0.05) is 6.08 Å². The monoisotopic (exact) mass is 367 g/mol. The molecule has 0 aliphatic carbocycles. The molecule has 3 rings (SSSR count). The molecule has 1 aliphatic heterocycles. The summed E-state index contributed by atoms with van der Waals surface area (Å²) in [7, 11) is 1.65. The number of aryl methyl sites for hydroxylation is 1. The summed E-state index contributed by atoms with van der Waals surface area (Å²) in [6, 6.07) is 5.71. The maximum atomic E-state index is 13.1. The lowest BCUT2D eigenvalue weighted by molar-refractivity contribution is 0.0810. The highest BCUT2D eigenvalue weighted by molar-refractivity contribution is 5.99. The van der Waals surface area contributed by atoms with Crippen LogP contribution in [0.1, 0.15) is 40.0 Å². The largest absolute Gasteiger partial charge is 0.497 e. The van der Waals surface area contributed by atoms with Crippen LogP contribution in [-0.4, -0.2) is 40.7 Å². The third-order valence-electron chi connectivity index (χ3n) is 5.48. The molecular formula is C22H29N3O2. The fourth-order valence-corrected chi connectivity index (χ4v) is 3.86. The van der Waals surface area contributed by atoms with E-state index in [0.717, 1.165) is 55.9 Å². The molecule has 0 saturated carbocycles. The van der Waals surface area contributed by atoms with Crippen molar-refractivity contribution in [2.75, 3.05) is 20.2 Å². The number of Topliss-reactive ketones (excluding diaryl/α,β-unsaturated/α-hetero) is 1. The van der Waals surface area contributed by atoms with E-state index in [0.29, 0.717) is 0 Å². The van der Waals surface area contributed by atoms with Crippen LogP contribution in [0.25, 0.3) is 0 Å². The van der Waals surface area contributed by atoms with Crippen LogP contribution in [0.5, 0.6) is 5.75 Å². The van der Waals surface area contributed by atoms with Gasteiger partial charge in [-0.05, 0) is 57.0 Å². The highest BCUT2D eigenvalue weighted by Crippen LogP contribution is 2.26. The van der Waals surface area contributed by atoms with Crippen molar-refractivity contribution in [1.82, 2.24) is 14.7 Å². The lowest BCUT2D eigenvalue weighted by atomic mass is 9.88. The molecule has 2 heterocycles. The number of carbonyl (C=O) groups excluding carboxylic acids is 1. The van der Waals surface area contributed by atoms with Gasteiger partial charge in [0.25, 0.3) is 0 Å². The molecule has 0 unspecified atom stereocenters. The van der Waals surface area contributed by atoms with E-state index in [2.05, 4.69) is 23.5 Å². The Labute approximate surface area is 161 Å². The standard InChI is InChI=1S/C22H29N3O2/c1-5-10-25-17(3)19(13-23-25)15-24-11-6-7-18(14-24)22(26)21-9-8-20(27-4)12-16(21)2/h5,8-9,12-13,18H,1,6-7,10-11,14-15H2,2-4H3/t18-/m1/s1. The second kappa shape index (κ2) is 8.53. The van der Waals surface area contributed by atoms with Gasteiger partial charge in [0.15, 0.2) is 5.78 Å². The fourth-order valence-electron chi connectivity index (χ4n) is 3.86. The number of aromatic nitrogens is 2. The van der Waals surface area contributed by atoms with E-state index in [1.165, 1.54) is 11.3 Å². The molecule has 1 saturated heterocycles. The summed E-state index contributed by atoms with van der Waals surface area (Å²) in [6.45, 7) is 11.3. The molecule has 1 aromatic heterocycles. The number of likely N-dealkylation sites (tertiary alicyclic amines) is 1. The Morgan fingerprint density at radius 1 is 1.41 bits per heavy atom. The van der Waals surface area contributed by atoms with Gasteiger partial charge in [-0.25, -0.2) is 0 Å². The third kappa shape index (κ3) is 4.30. The zero-order valence-electron chi connectivity index (χ0n) is 16.6. The van der Waals surface area contributed by atoms with Gasteiger partial charge in [0.05, 0.1) is 19.9 Å². The third-order valence-corrected chi connectivity index (χ3v) is 5.48. The lowest BCUT2D eigenvalue weighted by Gasteiger charge is -2.32. The lowest BCUT2D eigenvalue weighted by Crippen LogP contribution is -2.38. The van der Waals surface area contributed by atoms with Crippen LogP contribution < -0.4 is 4.74 Å². The molecule has 144 valence electrons. The Bertz CT molecular complexity index is 825. The number of methoxy groups -OCH3 is 1. The summed E-state index contributed by atoms with van der Waals surface area (Å²) in [5.74, 6) is 1.09. The summed E-state index contributed by atoms with van der Waals surface area (Å²) in [5, 5.41) is 4.44. The van der Waals surface area contributed by atoms with Crippen LogP contribution in [0.3, 0.4) is 0 Å². The first-order valence-corrected chi connectivity index (χ1v) is 9.57. The maximum Gasteiger partial charge on any atom is 0.167 e. The minimum absolute atomic E-state index is 0.0503. The molecule has 5 nitrogen and oxygen atoms in total. The van der Waals surface area contributed by atoms with Crippen LogP contribution in [0.15, 0.2) is 37.1 Å². The summed E-state index contributed by atoms with van der Waals surface area (Å²) in [6.07, 6.45) is 5.80. The Hall–Kier alpha value is -2.40. The minimum Gasteiger partial charge on any atom is -0.497 e. The van der Waals surface area contributed by atoms with Crippen molar-refractivity contribution < 1.29 is 9.53 Å². The highest BCUT2D eigenvalue weighted by Gasteiger charge is 2.28. The quantitative estimate of drug-likeness (QED) is 0.552. The molecule has 27 heavy (non-hydrogen) atoms. The van der Waals surface area contributed by atoms with Gasteiger partial charge >= 0.3 is 0 Å². The summed E-state index contributed by atoms with van der Waals surface area (Å²) in [5.41, 5.74) is 4.20. The first-order chi connectivity index (χ1) is 13.0. The predicted octanol–water partition coefficient (Wildman–Crippen LogP) is 3.79. The second-order valence-corrected chi connectivity index (χ2v) is 7.35. The van der Waals surface area contributed by atoms with E-state index in [9.17, 15) is 4.79 Å². The summed E-state index contributed by atoms with van der Waals surface area (Å²) in [4.78, 5) is 15.5. The number of rotatable bonds is 7. The number of ether oxygens (including phenoxy) is 1. The predicted molar refractivity (Wildman–Crippen MR) is 107 cm³/mol. The normalized spacial score (nSPS) is 17.7. The second-order valence-electron chi connectivity index (χ2n) is 7.35. The summed E-state index contributed by atoms with van der Waals surface area (Å²) < 4.78 is 7.22. The first-order valence-electron chi connectivity index (χ1n) is 9.57. The van der Waals surface area contributed by atoms with Crippen molar-refractivity contribution in [3.8, 4) is 5.75 Å². The smallest absolute Gasteiger partial charge is 0.167 e. The van der Waals surface area contributed by atoms with Gasteiger partial charge in [-0.3, -0.25) is 14.4 Å². The molecular weight excluding hydrogens is 338 g/mol. The molecule has 0 spiro atoms. The molecule has 0 amide bonds. The zero-order chi connectivity index (χ0) is 19.4. The average molecular weight is 367 g/mol. The average Bonchev–Trinajstić information content (AvgIpc) is 3.01. The number of ketones is 1. The number of nitrogens with zero attached hydrogens (tertiary/aromatic N) is 3. The van der Waals surface area contributed by atoms with Crippen molar-refractivity contribution in [2.45, 2.75) is 39.8 Å². The van der Waals surface area contributed by atoms with Crippen LogP contribution >= 0.6 is 0 Å². The van der Waals surface area contributed by atoms with E-state index in [-0.39, 0.29) is 11.7 Å². The molecule has 1 aromatic carbocycles. The maximum absolute atomic E-state index is 13.1. The van der Waals surface area contributed by atoms with E-state index >= 15 is 0 Å². The van der Waals surface area contributed by atoms with Gasteiger partial charge in [0, 0.05) is 35.8 Å². The molecule has 2 aromatic rings. The number of hydrogen-bond acceptors (Lipinski definition) is 4. The van der Waals surface area contributed by atoms with Crippen molar-refractivity contribution in [1.29, 1.82) is 0 Å². The van der Waals surface area contributed by atoms with Crippen LogP contribution in [0, 0.1) is 19.8 Å². The Kier molecular flexibility index (Phi) is 6.11. The molecule has 5 heteroatoms. The zero-order valence-corrected chi connectivity index (χ0v) is 16.6. The Morgan fingerprint density at radius 3 is 2.93 bits per heavy atom. The molecule has 0 bridgehead atoms. The number of benzene rings is 1. The van der Waals surface area contributed by atoms with Gasteiger partial charge in [0.1, 0.15) is 5.75 Å². The fraction of sp³-hybridized carbons (Fsp3) is 0.455. The van der Waals surface area contributed by atoms with Gasteiger partial charge in [-0.2, -0.15) is 5.10 Å². The van der Waals surface area contributed by atoms with Crippen molar-refractivity contribution in [2.24, 2.45) is 5.92 Å². The molecule has 1 atom stereocenters. The van der Waals surface area contributed by atoms with E-state index < -0.39 is 0 Å². The molecule has 1 fully saturated rings. The van der Waals surface area contributed by atoms with E-state index in [1.807, 2.05) is 42.1 Å². The van der Waals surface area contributed by atoms with Crippen molar-refractivity contribution >= 4 is 5.78 Å². The number of piperidine rings is 1. The first kappa shape index (κ1) is 19.4. The molecule has 1 aliphatic rings. The van der Waals surface area contributed by atoms with Gasteiger partial charge < -0.3 is 4.74 Å². The molecule has 0 radical (unpaired) electrons. The minimum atomic E-state index is 0.0503. The van der Waals surface area contributed by atoms with E-state index in [1.54, 1.807) is 7.11 Å². The SMILES string of the molecule is C=CCn1ncc(CN2CCC[C@@H](C(=O)c3ccc(OC)cc3C)C2)c1C. The van der Waals surface area contributed by atoms with Crippen LogP contribution in [0.4, 0.5) is 0 Å². The van der Waals surface area contributed by atoms with Crippen molar-refractivity contribution in [3.05, 3.63) is 59.4 Å². The highest BCUT2D eigenvalue weighted by atomic mass is 16.5.